The molecule has 0 unspecified atom stereocenters. The Bertz CT molecular complexity index is 954. The third kappa shape index (κ3) is 3.17. The number of amides is 1. The minimum atomic E-state index is -0.462. The van der Waals surface area contributed by atoms with E-state index in [-0.39, 0.29) is 11.6 Å². The third-order valence-electron chi connectivity index (χ3n) is 3.34. The quantitative estimate of drug-likeness (QED) is 0.537. The van der Waals surface area contributed by atoms with Gasteiger partial charge >= 0.3 is 0 Å². The normalized spacial score (nSPS) is 10.6. The van der Waals surface area contributed by atoms with E-state index in [2.05, 4.69) is 5.32 Å². The lowest BCUT2D eigenvalue weighted by Crippen LogP contribution is -2.09. The monoisotopic (exact) mass is 362 g/mol. The van der Waals surface area contributed by atoms with Crippen LogP contribution in [0.3, 0.4) is 0 Å². The maximum atomic E-state index is 12.4. The van der Waals surface area contributed by atoms with Crippen molar-refractivity contribution in [3.63, 3.8) is 0 Å². The molecule has 0 spiro atoms. The van der Waals surface area contributed by atoms with Crippen molar-refractivity contribution in [1.29, 1.82) is 0 Å². The second-order valence-corrected chi connectivity index (χ2v) is 6.38. The number of benzene rings is 2. The SMILES string of the molecule is COc1ccc(NC(=O)c2cc3cc([N+](=O)[O-])ccc3s2)cc1Cl. The molecule has 6 nitrogen and oxygen atoms in total. The van der Waals surface area contributed by atoms with Crippen molar-refractivity contribution in [2.75, 3.05) is 12.4 Å². The predicted molar refractivity (Wildman–Crippen MR) is 94.4 cm³/mol. The summed E-state index contributed by atoms with van der Waals surface area (Å²) in [5.41, 5.74) is 0.531. The van der Waals surface area contributed by atoms with Crippen LogP contribution in [0.15, 0.2) is 42.5 Å². The third-order valence-corrected chi connectivity index (χ3v) is 4.75. The first kappa shape index (κ1) is 16.2. The highest BCUT2D eigenvalue weighted by Gasteiger charge is 2.14. The van der Waals surface area contributed by atoms with Gasteiger partial charge in [0, 0.05) is 27.9 Å². The van der Waals surface area contributed by atoms with E-state index in [1.807, 2.05) is 0 Å². The van der Waals surface area contributed by atoms with Gasteiger partial charge in [-0.3, -0.25) is 14.9 Å². The molecule has 0 aliphatic heterocycles. The van der Waals surface area contributed by atoms with E-state index in [0.29, 0.717) is 26.7 Å². The van der Waals surface area contributed by atoms with E-state index in [0.717, 1.165) is 4.70 Å². The summed E-state index contributed by atoms with van der Waals surface area (Å²) in [5, 5.41) is 14.6. The first-order valence-electron chi connectivity index (χ1n) is 6.81. The van der Waals surface area contributed by atoms with Crippen molar-refractivity contribution in [3.8, 4) is 5.75 Å². The molecule has 1 N–H and O–H groups in total. The van der Waals surface area contributed by atoms with Crippen LogP contribution in [0.2, 0.25) is 5.02 Å². The highest BCUT2D eigenvalue weighted by atomic mass is 35.5. The van der Waals surface area contributed by atoms with Crippen molar-refractivity contribution in [3.05, 3.63) is 62.5 Å². The van der Waals surface area contributed by atoms with Crippen molar-refractivity contribution >= 4 is 50.3 Å². The van der Waals surface area contributed by atoms with Crippen molar-refractivity contribution in [1.82, 2.24) is 0 Å². The predicted octanol–water partition coefficient (Wildman–Crippen LogP) is 4.72. The molecule has 0 atom stereocenters. The molecule has 8 heteroatoms. The summed E-state index contributed by atoms with van der Waals surface area (Å²) in [6.07, 6.45) is 0. The summed E-state index contributed by atoms with van der Waals surface area (Å²) >= 11 is 7.30. The lowest BCUT2D eigenvalue weighted by molar-refractivity contribution is -0.384. The number of methoxy groups -OCH3 is 1. The number of hydrogen-bond acceptors (Lipinski definition) is 5. The number of nitrogens with one attached hydrogen (secondary N) is 1. The minimum Gasteiger partial charge on any atom is -0.495 e. The molecule has 0 saturated carbocycles. The molecule has 1 heterocycles. The lowest BCUT2D eigenvalue weighted by Gasteiger charge is -2.07. The second-order valence-electron chi connectivity index (χ2n) is 4.89. The van der Waals surface area contributed by atoms with Crippen LogP contribution in [0.1, 0.15) is 9.67 Å². The van der Waals surface area contributed by atoms with Gasteiger partial charge in [0.25, 0.3) is 11.6 Å². The number of ether oxygens (including phenoxy) is 1. The van der Waals surface area contributed by atoms with Crippen LogP contribution in [-0.2, 0) is 0 Å². The van der Waals surface area contributed by atoms with Crippen molar-refractivity contribution < 1.29 is 14.5 Å². The van der Waals surface area contributed by atoms with Crippen LogP contribution in [-0.4, -0.2) is 17.9 Å². The van der Waals surface area contributed by atoms with Gasteiger partial charge in [-0.2, -0.15) is 0 Å². The number of non-ortho nitro benzene ring substituents is 1. The number of nitro benzene ring substituents is 1. The average molecular weight is 363 g/mol. The van der Waals surface area contributed by atoms with E-state index in [1.54, 1.807) is 30.3 Å². The average Bonchev–Trinajstić information content (AvgIpc) is 2.98. The van der Waals surface area contributed by atoms with Crippen LogP contribution in [0, 0.1) is 10.1 Å². The first-order valence-corrected chi connectivity index (χ1v) is 8.00. The molecular formula is C16H11ClN2O4S. The van der Waals surface area contributed by atoms with E-state index < -0.39 is 4.92 Å². The Hall–Kier alpha value is -2.64. The Morgan fingerprint density at radius 2 is 2.04 bits per heavy atom. The molecule has 0 fully saturated rings. The molecule has 2 aromatic carbocycles. The molecule has 3 aromatic rings. The Balaban J connectivity index is 1.85. The van der Waals surface area contributed by atoms with Gasteiger partial charge in [-0.15, -0.1) is 11.3 Å². The Morgan fingerprint density at radius 1 is 1.25 bits per heavy atom. The van der Waals surface area contributed by atoms with Crippen LogP contribution in [0.25, 0.3) is 10.1 Å². The smallest absolute Gasteiger partial charge is 0.270 e. The van der Waals surface area contributed by atoms with E-state index in [4.69, 9.17) is 16.3 Å². The maximum Gasteiger partial charge on any atom is 0.270 e. The van der Waals surface area contributed by atoms with Gasteiger partial charge in [0.1, 0.15) is 5.75 Å². The summed E-state index contributed by atoms with van der Waals surface area (Å²) in [6.45, 7) is 0. The number of fused-ring (bicyclic) bond motifs is 1. The lowest BCUT2D eigenvalue weighted by atomic mass is 10.2. The van der Waals surface area contributed by atoms with Crippen molar-refractivity contribution in [2.45, 2.75) is 0 Å². The Kier molecular flexibility index (Phi) is 4.37. The number of anilines is 1. The summed E-state index contributed by atoms with van der Waals surface area (Å²) in [6, 6.07) is 11.1. The van der Waals surface area contributed by atoms with Gasteiger partial charge in [-0.05, 0) is 30.3 Å². The van der Waals surface area contributed by atoms with Gasteiger partial charge in [-0.1, -0.05) is 11.6 Å². The molecule has 122 valence electrons. The number of carbonyl (C=O) groups excluding carboxylic acids is 1. The molecule has 24 heavy (non-hydrogen) atoms. The number of thiophene rings is 1. The fourth-order valence-electron chi connectivity index (χ4n) is 2.19. The van der Waals surface area contributed by atoms with Gasteiger partial charge < -0.3 is 10.1 Å². The number of halogens is 1. The Morgan fingerprint density at radius 3 is 2.71 bits per heavy atom. The molecule has 0 bridgehead atoms. The molecule has 0 aliphatic rings. The van der Waals surface area contributed by atoms with Gasteiger partial charge in [0.05, 0.1) is 21.9 Å². The molecule has 1 amide bonds. The van der Waals surface area contributed by atoms with E-state index in [1.165, 1.54) is 30.6 Å². The fraction of sp³-hybridized carbons (Fsp3) is 0.0625. The number of nitro groups is 1. The molecule has 0 aliphatic carbocycles. The summed E-state index contributed by atoms with van der Waals surface area (Å²) in [4.78, 5) is 23.2. The van der Waals surface area contributed by atoms with Crippen LogP contribution >= 0.6 is 22.9 Å². The van der Waals surface area contributed by atoms with Crippen molar-refractivity contribution in [2.24, 2.45) is 0 Å². The topological polar surface area (TPSA) is 81.5 Å². The number of carbonyl (C=O) groups is 1. The molecule has 0 saturated heterocycles. The summed E-state index contributed by atoms with van der Waals surface area (Å²) in [5.74, 6) is 0.212. The number of hydrogen-bond donors (Lipinski definition) is 1. The fourth-order valence-corrected chi connectivity index (χ4v) is 3.39. The van der Waals surface area contributed by atoms with Gasteiger partial charge in [0.15, 0.2) is 0 Å². The van der Waals surface area contributed by atoms with Gasteiger partial charge in [-0.25, -0.2) is 0 Å². The molecule has 0 radical (unpaired) electrons. The van der Waals surface area contributed by atoms with Crippen LogP contribution in [0.5, 0.6) is 5.75 Å². The molecule has 1 aromatic heterocycles. The second kappa shape index (κ2) is 6.46. The highest BCUT2D eigenvalue weighted by Crippen LogP contribution is 2.31. The maximum absolute atomic E-state index is 12.4. The number of rotatable bonds is 4. The summed E-state index contributed by atoms with van der Waals surface area (Å²) in [7, 11) is 1.51. The Labute approximate surface area is 145 Å². The largest absolute Gasteiger partial charge is 0.495 e. The van der Waals surface area contributed by atoms with Crippen LogP contribution in [0.4, 0.5) is 11.4 Å². The zero-order valence-corrected chi connectivity index (χ0v) is 14.0. The van der Waals surface area contributed by atoms with Gasteiger partial charge in [0.2, 0.25) is 0 Å². The minimum absolute atomic E-state index is 0.00538. The molecule has 3 rings (SSSR count). The highest BCUT2D eigenvalue weighted by molar-refractivity contribution is 7.20. The van der Waals surface area contributed by atoms with Crippen LogP contribution < -0.4 is 10.1 Å². The standard InChI is InChI=1S/C16H11ClN2O4S/c1-23-13-4-2-10(8-12(13)17)18-16(20)15-7-9-6-11(19(21)22)3-5-14(9)24-15/h2-8H,1H3,(H,18,20). The first-order chi connectivity index (χ1) is 11.5. The molecular weight excluding hydrogens is 352 g/mol. The zero-order chi connectivity index (χ0) is 17.3. The summed E-state index contributed by atoms with van der Waals surface area (Å²) < 4.78 is 5.87. The van der Waals surface area contributed by atoms with E-state index in [9.17, 15) is 14.9 Å². The number of nitrogens with zero attached hydrogens (tertiary/aromatic N) is 1. The zero-order valence-electron chi connectivity index (χ0n) is 12.4. The van der Waals surface area contributed by atoms with E-state index >= 15 is 0 Å².